The van der Waals surface area contributed by atoms with E-state index in [4.69, 9.17) is 9.47 Å². The Hall–Kier alpha value is -2.28. The number of aryl methyl sites for hydroxylation is 1. The summed E-state index contributed by atoms with van der Waals surface area (Å²) in [6.07, 6.45) is 2.76. The molecule has 0 fully saturated rings. The Kier molecular flexibility index (Phi) is 6.84. The van der Waals surface area contributed by atoms with E-state index in [1.165, 1.54) is 32.3 Å². The van der Waals surface area contributed by atoms with Crippen molar-refractivity contribution in [1.82, 2.24) is 4.98 Å². The average molecular weight is 323 g/mol. The highest BCUT2D eigenvalue weighted by Crippen LogP contribution is 2.21. The molecule has 1 aromatic heterocycles. The van der Waals surface area contributed by atoms with Crippen molar-refractivity contribution in [3.05, 3.63) is 29.6 Å². The van der Waals surface area contributed by atoms with Gasteiger partial charge in [-0.05, 0) is 31.9 Å². The number of ether oxygens (including phenoxy) is 2. The van der Waals surface area contributed by atoms with E-state index in [9.17, 15) is 19.5 Å². The molecule has 0 saturated carbocycles. The first-order valence-corrected chi connectivity index (χ1v) is 7.43. The topological polar surface area (TPSA) is 103 Å². The van der Waals surface area contributed by atoms with Crippen molar-refractivity contribution in [2.75, 3.05) is 13.2 Å². The third-order valence-electron chi connectivity index (χ3n) is 3.23. The van der Waals surface area contributed by atoms with Gasteiger partial charge in [-0.15, -0.1) is 0 Å². The molecule has 0 amide bonds. The number of ketones is 1. The van der Waals surface area contributed by atoms with Crippen molar-refractivity contribution in [1.29, 1.82) is 0 Å². The lowest BCUT2D eigenvalue weighted by molar-refractivity contribution is -0.182. The summed E-state index contributed by atoms with van der Waals surface area (Å²) in [6.45, 7) is 4.83. The molecule has 126 valence electrons. The molecule has 0 atom stereocenters. The van der Waals surface area contributed by atoms with E-state index < -0.39 is 29.7 Å². The normalized spacial score (nSPS) is 11.0. The highest BCUT2D eigenvalue weighted by molar-refractivity contribution is 6.10. The second-order valence-electron chi connectivity index (χ2n) is 4.79. The zero-order valence-electron chi connectivity index (χ0n) is 13.5. The number of carbonyl (C=O) groups excluding carboxylic acids is 3. The first-order chi connectivity index (χ1) is 10.9. The lowest BCUT2D eigenvalue weighted by Gasteiger charge is -2.23. The van der Waals surface area contributed by atoms with E-state index in [0.717, 1.165) is 0 Å². The van der Waals surface area contributed by atoms with Crippen LogP contribution in [0.25, 0.3) is 0 Å². The van der Waals surface area contributed by atoms with Crippen LogP contribution in [0.3, 0.4) is 0 Å². The SMILES string of the molecule is CCOC(=O)C(O)(CC(=O)c1ccncc1CC)C(=O)OCC. The number of esters is 2. The molecular formula is C16H21NO6. The molecule has 0 aliphatic carbocycles. The van der Waals surface area contributed by atoms with Gasteiger partial charge in [0.2, 0.25) is 0 Å². The minimum atomic E-state index is -2.66. The van der Waals surface area contributed by atoms with Gasteiger partial charge in [0.25, 0.3) is 5.60 Å². The van der Waals surface area contributed by atoms with Gasteiger partial charge in [0.15, 0.2) is 5.78 Å². The van der Waals surface area contributed by atoms with Crippen molar-refractivity contribution in [3.8, 4) is 0 Å². The maximum absolute atomic E-state index is 12.5. The number of hydrogen-bond acceptors (Lipinski definition) is 7. The fourth-order valence-electron chi connectivity index (χ4n) is 2.04. The molecule has 0 bridgehead atoms. The molecule has 0 unspecified atom stereocenters. The fraction of sp³-hybridized carbons (Fsp3) is 0.500. The predicted octanol–water partition coefficient (Wildman–Crippen LogP) is 1.07. The second kappa shape index (κ2) is 8.38. The van der Waals surface area contributed by atoms with Gasteiger partial charge >= 0.3 is 11.9 Å². The lowest BCUT2D eigenvalue weighted by Crippen LogP contribution is -2.50. The molecular weight excluding hydrogens is 302 g/mol. The standard InChI is InChI=1S/C16H21NO6/c1-4-11-10-17-8-7-12(11)13(18)9-16(21,14(19)22-5-2)15(20)23-6-3/h7-8,10,21H,4-6,9H2,1-3H3. The summed E-state index contributed by atoms with van der Waals surface area (Å²) in [5.74, 6) is -2.95. The van der Waals surface area contributed by atoms with Crippen molar-refractivity contribution in [2.45, 2.75) is 39.2 Å². The summed E-state index contributed by atoms with van der Waals surface area (Å²) in [6, 6.07) is 1.48. The number of rotatable bonds is 8. The number of pyridine rings is 1. The van der Waals surface area contributed by atoms with Gasteiger partial charge < -0.3 is 14.6 Å². The molecule has 1 rings (SSSR count). The van der Waals surface area contributed by atoms with Gasteiger partial charge in [0.1, 0.15) is 0 Å². The second-order valence-corrected chi connectivity index (χ2v) is 4.79. The smallest absolute Gasteiger partial charge is 0.350 e. The van der Waals surface area contributed by atoms with Crippen LogP contribution in [-0.4, -0.2) is 46.6 Å². The summed E-state index contributed by atoms with van der Waals surface area (Å²) in [4.78, 5) is 40.3. The molecule has 0 saturated heterocycles. The minimum Gasteiger partial charge on any atom is -0.463 e. The number of aliphatic hydroxyl groups is 1. The zero-order valence-corrected chi connectivity index (χ0v) is 13.5. The van der Waals surface area contributed by atoms with E-state index in [2.05, 4.69) is 4.98 Å². The largest absolute Gasteiger partial charge is 0.463 e. The van der Waals surface area contributed by atoms with Crippen LogP contribution in [0.2, 0.25) is 0 Å². The number of nitrogens with zero attached hydrogens (tertiary/aromatic N) is 1. The van der Waals surface area contributed by atoms with Gasteiger partial charge in [-0.1, -0.05) is 6.92 Å². The number of carbonyl (C=O) groups is 3. The average Bonchev–Trinajstić information content (AvgIpc) is 2.54. The lowest BCUT2D eigenvalue weighted by atomic mass is 9.92. The van der Waals surface area contributed by atoms with Crippen molar-refractivity contribution in [2.24, 2.45) is 0 Å². The van der Waals surface area contributed by atoms with Gasteiger partial charge in [-0.25, -0.2) is 9.59 Å². The molecule has 0 radical (unpaired) electrons. The third-order valence-corrected chi connectivity index (χ3v) is 3.23. The van der Waals surface area contributed by atoms with Crippen molar-refractivity contribution >= 4 is 17.7 Å². The first kappa shape index (κ1) is 18.8. The Morgan fingerprint density at radius 3 is 2.17 bits per heavy atom. The Balaban J connectivity index is 3.12. The van der Waals surface area contributed by atoms with Gasteiger partial charge in [-0.2, -0.15) is 0 Å². The summed E-state index contributed by atoms with van der Waals surface area (Å²) in [7, 11) is 0. The Morgan fingerprint density at radius 2 is 1.70 bits per heavy atom. The Labute approximate surface area is 134 Å². The number of aromatic nitrogens is 1. The molecule has 0 aromatic carbocycles. The number of hydrogen-bond donors (Lipinski definition) is 1. The van der Waals surface area contributed by atoms with Crippen LogP contribution in [0.15, 0.2) is 18.5 Å². The minimum absolute atomic E-state index is 0.0375. The van der Waals surface area contributed by atoms with Crippen LogP contribution in [0.4, 0.5) is 0 Å². The Morgan fingerprint density at radius 1 is 1.13 bits per heavy atom. The fourth-order valence-corrected chi connectivity index (χ4v) is 2.04. The van der Waals surface area contributed by atoms with Crippen LogP contribution in [0.1, 0.15) is 43.1 Å². The summed E-state index contributed by atoms with van der Waals surface area (Å²) >= 11 is 0. The maximum atomic E-state index is 12.5. The molecule has 1 aromatic rings. The summed E-state index contributed by atoms with van der Waals surface area (Å²) < 4.78 is 9.43. The maximum Gasteiger partial charge on any atom is 0.350 e. The van der Waals surface area contributed by atoms with Crippen LogP contribution in [0, 0.1) is 0 Å². The molecule has 1 heterocycles. The summed E-state index contributed by atoms with van der Waals surface area (Å²) in [5.41, 5.74) is -1.70. The van der Waals surface area contributed by atoms with Gasteiger partial charge in [0.05, 0.1) is 19.6 Å². The van der Waals surface area contributed by atoms with Crippen LogP contribution >= 0.6 is 0 Å². The van der Waals surface area contributed by atoms with E-state index in [1.807, 2.05) is 6.92 Å². The molecule has 7 nitrogen and oxygen atoms in total. The molecule has 23 heavy (non-hydrogen) atoms. The quantitative estimate of drug-likeness (QED) is 0.433. The highest BCUT2D eigenvalue weighted by atomic mass is 16.6. The van der Waals surface area contributed by atoms with E-state index in [0.29, 0.717) is 17.5 Å². The van der Waals surface area contributed by atoms with Gasteiger partial charge in [-0.3, -0.25) is 9.78 Å². The van der Waals surface area contributed by atoms with Crippen molar-refractivity contribution < 1.29 is 29.0 Å². The Bertz CT molecular complexity index is 566. The molecule has 1 N–H and O–H groups in total. The molecule has 0 aliphatic heterocycles. The highest BCUT2D eigenvalue weighted by Gasteiger charge is 2.49. The number of Topliss-reactive ketones (excluding diaryl/α,β-unsaturated/α-hetero) is 1. The predicted molar refractivity (Wildman–Crippen MR) is 80.8 cm³/mol. The van der Waals surface area contributed by atoms with Crippen LogP contribution in [-0.2, 0) is 25.5 Å². The molecule has 0 aliphatic rings. The van der Waals surface area contributed by atoms with E-state index in [-0.39, 0.29) is 13.2 Å². The molecule has 0 spiro atoms. The zero-order chi connectivity index (χ0) is 17.5. The van der Waals surface area contributed by atoms with Crippen LogP contribution in [0.5, 0.6) is 0 Å². The van der Waals surface area contributed by atoms with E-state index in [1.54, 1.807) is 0 Å². The van der Waals surface area contributed by atoms with Gasteiger partial charge in [0, 0.05) is 18.0 Å². The molecule has 7 heteroatoms. The van der Waals surface area contributed by atoms with E-state index >= 15 is 0 Å². The third kappa shape index (κ3) is 4.35. The summed E-state index contributed by atoms with van der Waals surface area (Å²) in [5, 5.41) is 10.4. The first-order valence-electron chi connectivity index (χ1n) is 7.43. The van der Waals surface area contributed by atoms with Crippen molar-refractivity contribution in [3.63, 3.8) is 0 Å². The monoisotopic (exact) mass is 323 g/mol. The van der Waals surface area contributed by atoms with Crippen LogP contribution < -0.4 is 0 Å².